The van der Waals surface area contributed by atoms with Crippen molar-refractivity contribution in [2.45, 2.75) is 12.1 Å². The Morgan fingerprint density at radius 1 is 1.53 bits per heavy atom. The zero-order valence-corrected chi connectivity index (χ0v) is 9.80. The first-order valence-electron chi connectivity index (χ1n) is 5.16. The summed E-state index contributed by atoms with van der Waals surface area (Å²) in [5.74, 6) is -0.268. The third-order valence-electron chi connectivity index (χ3n) is 2.39. The SMILES string of the molecule is N=C(N)N1N=CCC1(O)c1ccccc1.O=[N+]([O-])O. The first kappa shape index (κ1) is 14.4. The monoisotopic (exact) mass is 267 g/mol. The van der Waals surface area contributed by atoms with Crippen LogP contribution in [0.15, 0.2) is 35.4 Å². The van der Waals surface area contributed by atoms with Crippen LogP contribution in [-0.4, -0.2) is 32.6 Å². The lowest BCUT2D eigenvalue weighted by Crippen LogP contribution is -2.46. The average Bonchev–Trinajstić information content (AvgIpc) is 2.73. The van der Waals surface area contributed by atoms with E-state index < -0.39 is 10.8 Å². The molecular weight excluding hydrogens is 254 g/mol. The Labute approximate surface area is 108 Å². The zero-order chi connectivity index (χ0) is 14.5. The molecule has 1 aliphatic rings. The number of nitrogens with zero attached hydrogens (tertiary/aromatic N) is 3. The summed E-state index contributed by atoms with van der Waals surface area (Å²) in [6, 6.07) is 9.07. The molecule has 19 heavy (non-hydrogen) atoms. The van der Waals surface area contributed by atoms with Gasteiger partial charge in [-0.05, 0) is 0 Å². The Morgan fingerprint density at radius 3 is 2.53 bits per heavy atom. The maximum absolute atomic E-state index is 10.4. The first-order valence-corrected chi connectivity index (χ1v) is 5.16. The van der Waals surface area contributed by atoms with Gasteiger partial charge in [0.05, 0.1) is 0 Å². The molecule has 9 nitrogen and oxygen atoms in total. The molecule has 1 aromatic rings. The van der Waals surface area contributed by atoms with E-state index >= 15 is 0 Å². The predicted octanol–water partition coefficient (Wildman–Crippen LogP) is 0.0690. The Balaban J connectivity index is 0.000000399. The highest BCUT2D eigenvalue weighted by Crippen LogP contribution is 2.31. The lowest BCUT2D eigenvalue weighted by atomic mass is 10.0. The first-order chi connectivity index (χ1) is 8.88. The molecule has 0 amide bonds. The van der Waals surface area contributed by atoms with Crippen LogP contribution >= 0.6 is 0 Å². The molecule has 0 spiro atoms. The van der Waals surface area contributed by atoms with Crippen molar-refractivity contribution in [2.24, 2.45) is 10.8 Å². The average molecular weight is 267 g/mol. The molecule has 0 radical (unpaired) electrons. The van der Waals surface area contributed by atoms with Gasteiger partial charge in [-0.2, -0.15) is 10.1 Å². The van der Waals surface area contributed by atoms with Crippen LogP contribution in [0.1, 0.15) is 12.0 Å². The summed E-state index contributed by atoms with van der Waals surface area (Å²) in [5.41, 5.74) is 4.71. The third-order valence-corrected chi connectivity index (χ3v) is 2.39. The van der Waals surface area contributed by atoms with Crippen LogP contribution in [0.25, 0.3) is 0 Å². The summed E-state index contributed by atoms with van der Waals surface area (Å²) >= 11 is 0. The lowest BCUT2D eigenvalue weighted by Gasteiger charge is -2.31. The van der Waals surface area contributed by atoms with Crippen molar-refractivity contribution < 1.29 is 15.4 Å². The molecule has 102 valence electrons. The fourth-order valence-electron chi connectivity index (χ4n) is 1.64. The summed E-state index contributed by atoms with van der Waals surface area (Å²) in [7, 11) is 0. The minimum absolute atomic E-state index is 0.268. The molecule has 0 fully saturated rings. The number of benzene rings is 1. The Kier molecular flexibility index (Phi) is 4.37. The van der Waals surface area contributed by atoms with Gasteiger partial charge in [0.15, 0.2) is 5.72 Å². The van der Waals surface area contributed by atoms with E-state index in [1.54, 1.807) is 18.3 Å². The van der Waals surface area contributed by atoms with E-state index in [2.05, 4.69) is 5.10 Å². The number of hydrazone groups is 1. The van der Waals surface area contributed by atoms with E-state index in [1.807, 2.05) is 18.2 Å². The highest BCUT2D eigenvalue weighted by molar-refractivity contribution is 5.79. The number of aliphatic hydroxyl groups is 1. The fourth-order valence-corrected chi connectivity index (χ4v) is 1.64. The second-order valence-electron chi connectivity index (χ2n) is 3.62. The largest absolute Gasteiger partial charge is 0.368 e. The predicted molar refractivity (Wildman–Crippen MR) is 66.0 cm³/mol. The van der Waals surface area contributed by atoms with Crippen molar-refractivity contribution >= 4 is 12.2 Å². The Morgan fingerprint density at radius 2 is 2.05 bits per heavy atom. The summed E-state index contributed by atoms with van der Waals surface area (Å²) in [4.78, 5) is 8.36. The second-order valence-corrected chi connectivity index (χ2v) is 3.62. The van der Waals surface area contributed by atoms with Crippen LogP contribution in [-0.2, 0) is 5.72 Å². The van der Waals surface area contributed by atoms with Crippen LogP contribution in [0.3, 0.4) is 0 Å². The molecule has 0 saturated heterocycles. The van der Waals surface area contributed by atoms with Gasteiger partial charge in [-0.25, -0.2) is 0 Å². The van der Waals surface area contributed by atoms with Gasteiger partial charge in [0, 0.05) is 18.2 Å². The van der Waals surface area contributed by atoms with Crippen molar-refractivity contribution in [1.29, 1.82) is 5.41 Å². The van der Waals surface area contributed by atoms with Crippen LogP contribution < -0.4 is 5.73 Å². The quantitative estimate of drug-likeness (QED) is 0.245. The fraction of sp³-hybridized carbons (Fsp3) is 0.200. The molecule has 2 rings (SSSR count). The molecule has 0 bridgehead atoms. The van der Waals surface area contributed by atoms with Crippen LogP contribution in [0, 0.1) is 15.5 Å². The van der Waals surface area contributed by atoms with E-state index in [1.165, 1.54) is 0 Å². The van der Waals surface area contributed by atoms with Crippen molar-refractivity contribution in [3.8, 4) is 0 Å². The topological polar surface area (TPSA) is 149 Å². The molecular formula is C10H13N5O4. The lowest BCUT2D eigenvalue weighted by molar-refractivity contribution is -0.742. The minimum Gasteiger partial charge on any atom is -0.368 e. The van der Waals surface area contributed by atoms with Crippen molar-refractivity contribution in [1.82, 2.24) is 5.01 Å². The highest BCUT2D eigenvalue weighted by atomic mass is 16.9. The smallest absolute Gasteiger partial charge is 0.291 e. The number of nitrogens with one attached hydrogen (secondary N) is 1. The number of hydrogen-bond acceptors (Lipinski definition) is 5. The van der Waals surface area contributed by atoms with Gasteiger partial charge in [-0.1, -0.05) is 30.3 Å². The van der Waals surface area contributed by atoms with Crippen molar-refractivity contribution in [3.63, 3.8) is 0 Å². The molecule has 9 heteroatoms. The molecule has 1 aromatic carbocycles. The van der Waals surface area contributed by atoms with E-state index in [9.17, 15) is 5.11 Å². The van der Waals surface area contributed by atoms with E-state index in [4.69, 9.17) is 26.5 Å². The van der Waals surface area contributed by atoms with E-state index in [0.29, 0.717) is 12.0 Å². The molecule has 1 aliphatic heterocycles. The molecule has 0 aromatic heterocycles. The Hall–Kier alpha value is -2.68. The number of guanidine groups is 1. The van der Waals surface area contributed by atoms with Gasteiger partial charge in [0.1, 0.15) is 0 Å². The molecule has 5 N–H and O–H groups in total. The van der Waals surface area contributed by atoms with Gasteiger partial charge >= 0.3 is 0 Å². The second kappa shape index (κ2) is 5.78. The Bertz CT molecular complexity index is 488. The summed E-state index contributed by atoms with van der Waals surface area (Å²) in [5, 5.41) is 36.3. The minimum atomic E-state index is -1.50. The van der Waals surface area contributed by atoms with E-state index in [0.717, 1.165) is 5.01 Å². The van der Waals surface area contributed by atoms with Crippen LogP contribution in [0.4, 0.5) is 0 Å². The maximum atomic E-state index is 10.4. The molecule has 1 atom stereocenters. The van der Waals surface area contributed by atoms with Gasteiger partial charge in [-0.15, -0.1) is 10.1 Å². The summed E-state index contributed by atoms with van der Waals surface area (Å²) < 4.78 is 0. The van der Waals surface area contributed by atoms with Crippen LogP contribution in [0.2, 0.25) is 0 Å². The molecule has 1 heterocycles. The third kappa shape index (κ3) is 3.39. The summed E-state index contributed by atoms with van der Waals surface area (Å²) in [6.45, 7) is 0. The van der Waals surface area contributed by atoms with Gasteiger partial charge < -0.3 is 16.0 Å². The molecule has 0 saturated carbocycles. The van der Waals surface area contributed by atoms with Crippen molar-refractivity contribution in [2.75, 3.05) is 0 Å². The molecule has 1 unspecified atom stereocenters. The maximum Gasteiger partial charge on any atom is 0.291 e. The molecule has 0 aliphatic carbocycles. The van der Waals surface area contributed by atoms with E-state index in [-0.39, 0.29) is 5.96 Å². The van der Waals surface area contributed by atoms with Crippen LogP contribution in [0.5, 0.6) is 0 Å². The zero-order valence-electron chi connectivity index (χ0n) is 9.80. The van der Waals surface area contributed by atoms with Gasteiger partial charge in [0.25, 0.3) is 5.09 Å². The van der Waals surface area contributed by atoms with Gasteiger partial charge in [-0.3, -0.25) is 5.41 Å². The van der Waals surface area contributed by atoms with Gasteiger partial charge in [0.2, 0.25) is 5.96 Å². The summed E-state index contributed by atoms with van der Waals surface area (Å²) in [6.07, 6.45) is 1.88. The highest BCUT2D eigenvalue weighted by Gasteiger charge is 2.40. The normalized spacial score (nSPS) is 20.6. The van der Waals surface area contributed by atoms with Crippen molar-refractivity contribution in [3.05, 3.63) is 46.0 Å². The number of hydrogen-bond donors (Lipinski definition) is 4. The number of rotatable bonds is 1. The number of nitrogens with two attached hydrogens (primary N) is 1. The standard InChI is InChI=1S/C10H12N4O.HNO3/c11-9(12)14-10(15,6-7-13-14)8-4-2-1-3-5-8;2-1(3)4/h1-5,7,15H,6H2,(H3,11,12);(H,2,3,4).